The Kier molecular flexibility index (Phi) is 6.00. The molecule has 0 bridgehead atoms. The maximum Gasteiger partial charge on any atom is 0.272 e. The molecule has 2 aromatic carbocycles. The molecule has 33 heavy (non-hydrogen) atoms. The van der Waals surface area contributed by atoms with Crippen molar-refractivity contribution < 1.29 is 4.79 Å². The molecule has 3 heterocycles. The Morgan fingerprint density at radius 2 is 1.97 bits per heavy atom. The molecule has 2 aromatic heterocycles. The summed E-state index contributed by atoms with van der Waals surface area (Å²) < 4.78 is 1.93. The van der Waals surface area contributed by atoms with Gasteiger partial charge in [-0.1, -0.05) is 48.5 Å². The van der Waals surface area contributed by atoms with E-state index in [1.165, 1.54) is 5.56 Å². The number of allylic oxidation sites excluding steroid dienone is 1. The van der Waals surface area contributed by atoms with Gasteiger partial charge in [0, 0.05) is 55.4 Å². The largest absolute Gasteiger partial charge is 0.347 e. The quantitative estimate of drug-likeness (QED) is 0.442. The number of fused-ring (bicyclic) bond motifs is 2. The van der Waals surface area contributed by atoms with E-state index in [0.29, 0.717) is 25.3 Å². The van der Waals surface area contributed by atoms with Crippen molar-refractivity contribution in [3.63, 3.8) is 0 Å². The first-order chi connectivity index (χ1) is 16.2. The predicted octanol–water partition coefficient (Wildman–Crippen LogP) is 4.11. The van der Waals surface area contributed by atoms with Gasteiger partial charge in [0.25, 0.3) is 5.91 Å². The van der Waals surface area contributed by atoms with Crippen LogP contribution in [-0.2, 0) is 32.6 Å². The molecular formula is C27H27N5O. The van der Waals surface area contributed by atoms with Gasteiger partial charge in [0.1, 0.15) is 0 Å². The fraction of sp³-hybridized carbons (Fsp3) is 0.222. The first-order valence-electron chi connectivity index (χ1n) is 11.3. The summed E-state index contributed by atoms with van der Waals surface area (Å²) in [6.45, 7) is 7.38. The zero-order valence-corrected chi connectivity index (χ0v) is 18.6. The summed E-state index contributed by atoms with van der Waals surface area (Å²) in [5, 5.41) is 8.86. The Balaban J connectivity index is 1.35. The molecule has 0 saturated carbocycles. The highest BCUT2D eigenvalue weighted by molar-refractivity contribution is 5.94. The Morgan fingerprint density at radius 3 is 2.82 bits per heavy atom. The van der Waals surface area contributed by atoms with Crippen LogP contribution in [0.1, 0.15) is 32.9 Å². The zero-order chi connectivity index (χ0) is 22.6. The number of benzene rings is 2. The summed E-state index contributed by atoms with van der Waals surface area (Å²) >= 11 is 0. The third-order valence-corrected chi connectivity index (χ3v) is 6.10. The highest BCUT2D eigenvalue weighted by atomic mass is 16.1. The van der Waals surface area contributed by atoms with Gasteiger partial charge in [-0.15, -0.1) is 6.58 Å². The number of carbonyl (C=O) groups is 1. The van der Waals surface area contributed by atoms with Gasteiger partial charge in [0.15, 0.2) is 5.69 Å². The van der Waals surface area contributed by atoms with Crippen molar-refractivity contribution in [2.24, 2.45) is 0 Å². The molecule has 0 radical (unpaired) electrons. The Morgan fingerprint density at radius 1 is 1.09 bits per heavy atom. The fourth-order valence-corrected chi connectivity index (χ4v) is 4.48. The minimum atomic E-state index is -0.128. The van der Waals surface area contributed by atoms with Crippen molar-refractivity contribution in [1.82, 2.24) is 25.0 Å². The van der Waals surface area contributed by atoms with Gasteiger partial charge in [0.2, 0.25) is 0 Å². The first kappa shape index (κ1) is 21.1. The van der Waals surface area contributed by atoms with Gasteiger partial charge in [0.05, 0.1) is 12.1 Å². The maximum absolute atomic E-state index is 13.1. The number of pyridine rings is 1. The van der Waals surface area contributed by atoms with E-state index in [1.807, 2.05) is 53.4 Å². The van der Waals surface area contributed by atoms with Crippen molar-refractivity contribution in [3.8, 4) is 0 Å². The van der Waals surface area contributed by atoms with E-state index in [-0.39, 0.29) is 5.91 Å². The lowest BCUT2D eigenvalue weighted by atomic mass is 10.0. The highest BCUT2D eigenvalue weighted by Gasteiger charge is 2.27. The van der Waals surface area contributed by atoms with Gasteiger partial charge in [-0.3, -0.25) is 19.4 Å². The molecule has 0 fully saturated rings. The molecule has 4 aromatic rings. The number of nitrogens with zero attached hydrogens (tertiary/aromatic N) is 4. The second-order valence-corrected chi connectivity index (χ2v) is 8.40. The smallest absolute Gasteiger partial charge is 0.272 e. The second-order valence-electron chi connectivity index (χ2n) is 8.40. The molecule has 166 valence electrons. The average Bonchev–Trinajstić information content (AvgIpc) is 3.21. The predicted molar refractivity (Wildman–Crippen MR) is 130 cm³/mol. The summed E-state index contributed by atoms with van der Waals surface area (Å²) in [4.78, 5) is 19.9. The van der Waals surface area contributed by atoms with Crippen LogP contribution in [0.3, 0.4) is 0 Å². The van der Waals surface area contributed by atoms with Gasteiger partial charge >= 0.3 is 0 Å². The number of carbonyl (C=O) groups excluding carboxylic acids is 1. The van der Waals surface area contributed by atoms with Gasteiger partial charge in [-0.25, -0.2) is 0 Å². The van der Waals surface area contributed by atoms with E-state index < -0.39 is 0 Å². The van der Waals surface area contributed by atoms with Crippen molar-refractivity contribution in [2.75, 3.05) is 6.54 Å². The molecule has 5 rings (SSSR count). The molecule has 6 heteroatoms. The third kappa shape index (κ3) is 4.56. The lowest BCUT2D eigenvalue weighted by Gasteiger charge is -2.27. The number of aromatic nitrogens is 3. The zero-order valence-electron chi connectivity index (χ0n) is 18.6. The Hall–Kier alpha value is -3.77. The molecule has 1 N–H and O–H groups in total. The Labute approximate surface area is 193 Å². The van der Waals surface area contributed by atoms with Crippen molar-refractivity contribution in [3.05, 3.63) is 108 Å². The van der Waals surface area contributed by atoms with Crippen LogP contribution in [0.5, 0.6) is 0 Å². The summed E-state index contributed by atoms with van der Waals surface area (Å²) in [5.74, 6) is -0.128. The fourth-order valence-electron chi connectivity index (χ4n) is 4.48. The normalized spacial score (nSPS) is 13.6. The van der Waals surface area contributed by atoms with Crippen LogP contribution in [0.15, 0.2) is 79.5 Å². The van der Waals surface area contributed by atoms with Crippen LogP contribution < -0.4 is 5.32 Å². The number of nitrogens with one attached hydrogen (secondary N) is 1. The van der Waals surface area contributed by atoms with E-state index in [4.69, 9.17) is 0 Å². The van der Waals surface area contributed by atoms with Crippen molar-refractivity contribution in [1.29, 1.82) is 0 Å². The highest BCUT2D eigenvalue weighted by Crippen LogP contribution is 2.25. The Bertz CT molecular complexity index is 1290. The molecule has 0 aliphatic carbocycles. The van der Waals surface area contributed by atoms with Crippen LogP contribution in [0.2, 0.25) is 0 Å². The minimum Gasteiger partial charge on any atom is -0.347 e. The monoisotopic (exact) mass is 437 g/mol. The van der Waals surface area contributed by atoms with Crippen LogP contribution >= 0.6 is 0 Å². The second kappa shape index (κ2) is 9.38. The number of rotatable bonds is 7. The van der Waals surface area contributed by atoms with E-state index in [1.54, 1.807) is 0 Å². The number of hydrogen-bond acceptors (Lipinski definition) is 4. The average molecular weight is 438 g/mol. The molecule has 0 saturated heterocycles. The standard InChI is InChI=1S/C27H27N5O/c1-2-14-32-25-12-15-31(18-21-10-11-24-22(16-21)9-6-13-28-24)19-23(25)26(30-32)27(33)29-17-20-7-4-3-5-8-20/h2-11,13,16H,1,12,14-15,17-19H2,(H,29,33). The summed E-state index contributed by atoms with van der Waals surface area (Å²) in [6.07, 6.45) is 4.51. The molecular weight excluding hydrogens is 410 g/mol. The van der Waals surface area contributed by atoms with Crippen LogP contribution in [0, 0.1) is 0 Å². The van der Waals surface area contributed by atoms with Crippen LogP contribution in [0.25, 0.3) is 10.9 Å². The topological polar surface area (TPSA) is 63.1 Å². The summed E-state index contributed by atoms with van der Waals surface area (Å²) in [7, 11) is 0. The SMILES string of the molecule is C=CCn1nc(C(=O)NCc2ccccc2)c2c1CCN(Cc1ccc3ncccc3c1)C2. The van der Waals surface area contributed by atoms with Crippen molar-refractivity contribution in [2.45, 2.75) is 32.6 Å². The molecule has 6 nitrogen and oxygen atoms in total. The van der Waals surface area contributed by atoms with Gasteiger partial charge < -0.3 is 5.32 Å². The van der Waals surface area contributed by atoms with Gasteiger partial charge in [-0.2, -0.15) is 5.10 Å². The van der Waals surface area contributed by atoms with E-state index in [9.17, 15) is 4.79 Å². The third-order valence-electron chi connectivity index (χ3n) is 6.10. The minimum absolute atomic E-state index is 0.128. The maximum atomic E-state index is 13.1. The summed E-state index contributed by atoms with van der Waals surface area (Å²) in [6, 6.07) is 20.4. The van der Waals surface area contributed by atoms with E-state index in [0.717, 1.165) is 47.2 Å². The molecule has 1 amide bonds. The number of amides is 1. The van der Waals surface area contributed by atoms with Gasteiger partial charge in [-0.05, 0) is 29.3 Å². The van der Waals surface area contributed by atoms with E-state index >= 15 is 0 Å². The molecule has 1 aliphatic rings. The lowest BCUT2D eigenvalue weighted by Crippen LogP contribution is -2.32. The van der Waals surface area contributed by atoms with Crippen LogP contribution in [0.4, 0.5) is 0 Å². The molecule has 0 spiro atoms. The van der Waals surface area contributed by atoms with E-state index in [2.05, 4.69) is 51.1 Å². The summed E-state index contributed by atoms with van der Waals surface area (Å²) in [5.41, 5.74) is 6.00. The molecule has 1 aliphatic heterocycles. The molecule has 0 atom stereocenters. The molecule has 0 unspecified atom stereocenters. The van der Waals surface area contributed by atoms with Crippen LogP contribution in [-0.4, -0.2) is 32.1 Å². The van der Waals surface area contributed by atoms with Crippen molar-refractivity contribution >= 4 is 16.8 Å². The lowest BCUT2D eigenvalue weighted by molar-refractivity contribution is 0.0942. The first-order valence-corrected chi connectivity index (χ1v) is 11.3. The number of hydrogen-bond donors (Lipinski definition) is 1.